The minimum Gasteiger partial charge on any atom is -0.392 e. The predicted molar refractivity (Wildman–Crippen MR) is 98.6 cm³/mol. The van der Waals surface area contributed by atoms with E-state index in [0.717, 1.165) is 42.9 Å². The number of allylic oxidation sites excluding steroid dienone is 1. The van der Waals surface area contributed by atoms with E-state index in [-0.39, 0.29) is 23.8 Å². The molecule has 1 spiro atoms. The molecule has 3 heterocycles. The van der Waals surface area contributed by atoms with E-state index in [1.54, 1.807) is 4.90 Å². The number of aliphatic hydroxyl groups is 2. The second kappa shape index (κ2) is 5.52. The summed E-state index contributed by atoms with van der Waals surface area (Å²) in [6, 6.07) is 8.43. The Morgan fingerprint density at radius 3 is 2.88 bits per heavy atom. The smallest absolute Gasteiger partial charge is 0.257 e. The first-order chi connectivity index (χ1) is 12.7. The van der Waals surface area contributed by atoms with Crippen molar-refractivity contribution in [3.05, 3.63) is 52.7 Å². The first-order valence-corrected chi connectivity index (χ1v) is 9.44. The Hall–Kier alpha value is -1.95. The normalized spacial score (nSPS) is 33.7. The maximum absolute atomic E-state index is 12.8. The van der Waals surface area contributed by atoms with Crippen LogP contribution in [0.3, 0.4) is 0 Å². The van der Waals surface area contributed by atoms with Crippen molar-refractivity contribution in [1.29, 1.82) is 0 Å². The van der Waals surface area contributed by atoms with Gasteiger partial charge in [-0.05, 0) is 37.0 Å². The fourth-order valence-electron chi connectivity index (χ4n) is 6.07. The van der Waals surface area contributed by atoms with E-state index in [1.165, 1.54) is 11.1 Å². The number of para-hydroxylation sites is 1. The Balaban J connectivity index is 1.85. The average Bonchev–Trinajstić information content (AvgIpc) is 3.21. The number of hydrogen-bond donors (Lipinski definition) is 2. The number of nitrogens with zero attached hydrogens (tertiary/aromatic N) is 2. The van der Waals surface area contributed by atoms with Crippen LogP contribution in [0.1, 0.15) is 25.3 Å². The van der Waals surface area contributed by atoms with E-state index in [0.29, 0.717) is 6.04 Å². The number of piperidine rings is 1. The van der Waals surface area contributed by atoms with Crippen LogP contribution in [0.4, 0.5) is 5.69 Å². The fourth-order valence-corrected chi connectivity index (χ4v) is 6.07. The topological polar surface area (TPSA) is 64.0 Å². The highest BCUT2D eigenvalue weighted by molar-refractivity contribution is 6.02. The molecule has 2 N–H and O–H groups in total. The van der Waals surface area contributed by atoms with Crippen molar-refractivity contribution in [2.75, 3.05) is 31.2 Å². The van der Waals surface area contributed by atoms with Crippen molar-refractivity contribution in [1.82, 2.24) is 4.90 Å². The molecule has 3 atom stereocenters. The van der Waals surface area contributed by atoms with E-state index in [2.05, 4.69) is 24.0 Å². The van der Waals surface area contributed by atoms with Crippen molar-refractivity contribution in [3.8, 4) is 0 Å². The molecule has 2 bridgehead atoms. The van der Waals surface area contributed by atoms with Crippen LogP contribution in [-0.2, 0) is 10.2 Å². The van der Waals surface area contributed by atoms with Gasteiger partial charge in [-0.25, -0.2) is 0 Å². The SMILES string of the molecule is CC=C1CN2CC[C@]34C(=C(CO)[C@H]1C[C@H]23)N(C(=O)CO)c1ccccc14. The molecule has 5 rings (SSSR count). The summed E-state index contributed by atoms with van der Waals surface area (Å²) in [4.78, 5) is 17.0. The monoisotopic (exact) mass is 352 g/mol. The predicted octanol–water partition coefficient (Wildman–Crippen LogP) is 1.56. The van der Waals surface area contributed by atoms with Gasteiger partial charge in [0.15, 0.2) is 0 Å². The summed E-state index contributed by atoms with van der Waals surface area (Å²) in [7, 11) is 0. The van der Waals surface area contributed by atoms with E-state index < -0.39 is 6.61 Å². The summed E-state index contributed by atoms with van der Waals surface area (Å²) in [6.07, 6.45) is 4.11. The van der Waals surface area contributed by atoms with Crippen molar-refractivity contribution in [3.63, 3.8) is 0 Å². The van der Waals surface area contributed by atoms with Gasteiger partial charge < -0.3 is 10.2 Å². The first-order valence-electron chi connectivity index (χ1n) is 9.44. The third kappa shape index (κ3) is 1.73. The molecule has 26 heavy (non-hydrogen) atoms. The average molecular weight is 352 g/mol. The summed E-state index contributed by atoms with van der Waals surface area (Å²) >= 11 is 0. The lowest BCUT2D eigenvalue weighted by atomic mass is 9.62. The molecule has 0 radical (unpaired) electrons. The van der Waals surface area contributed by atoms with Crippen LogP contribution in [0.5, 0.6) is 0 Å². The highest BCUT2D eigenvalue weighted by Gasteiger charge is 2.63. The van der Waals surface area contributed by atoms with Gasteiger partial charge in [0.2, 0.25) is 0 Å². The molecule has 136 valence electrons. The van der Waals surface area contributed by atoms with Crippen LogP contribution in [0.15, 0.2) is 47.2 Å². The quantitative estimate of drug-likeness (QED) is 0.793. The Labute approximate surface area is 153 Å². The van der Waals surface area contributed by atoms with Crippen LogP contribution in [0.2, 0.25) is 0 Å². The van der Waals surface area contributed by atoms with Crippen LogP contribution in [-0.4, -0.2) is 53.4 Å². The highest BCUT2D eigenvalue weighted by Crippen LogP contribution is 2.63. The number of amides is 1. The Morgan fingerprint density at radius 2 is 2.15 bits per heavy atom. The van der Waals surface area contributed by atoms with Crippen LogP contribution < -0.4 is 4.90 Å². The van der Waals surface area contributed by atoms with Crippen molar-refractivity contribution in [2.45, 2.75) is 31.2 Å². The Bertz CT molecular complexity index is 859. The second-order valence-corrected chi connectivity index (χ2v) is 7.80. The third-order valence-corrected chi connectivity index (χ3v) is 7.02. The molecule has 2 saturated heterocycles. The molecule has 1 aliphatic carbocycles. The minimum absolute atomic E-state index is 0.0466. The highest BCUT2D eigenvalue weighted by atomic mass is 16.3. The third-order valence-electron chi connectivity index (χ3n) is 7.02. The zero-order valence-corrected chi connectivity index (χ0v) is 15.0. The number of hydrogen-bond acceptors (Lipinski definition) is 4. The number of aliphatic hydroxyl groups excluding tert-OH is 2. The van der Waals surface area contributed by atoms with Crippen molar-refractivity contribution < 1.29 is 15.0 Å². The largest absolute Gasteiger partial charge is 0.392 e. The summed E-state index contributed by atoms with van der Waals surface area (Å²) < 4.78 is 0. The van der Waals surface area contributed by atoms with Crippen molar-refractivity contribution in [2.24, 2.45) is 5.92 Å². The summed E-state index contributed by atoms with van der Waals surface area (Å²) in [5.41, 5.74) is 5.06. The van der Waals surface area contributed by atoms with Crippen LogP contribution in [0.25, 0.3) is 0 Å². The Morgan fingerprint density at radius 1 is 1.35 bits per heavy atom. The van der Waals surface area contributed by atoms with E-state index in [1.807, 2.05) is 18.2 Å². The molecule has 5 heteroatoms. The molecule has 3 aliphatic heterocycles. The second-order valence-electron chi connectivity index (χ2n) is 7.80. The van der Waals surface area contributed by atoms with Crippen LogP contribution >= 0.6 is 0 Å². The molecular weight excluding hydrogens is 328 g/mol. The summed E-state index contributed by atoms with van der Waals surface area (Å²) in [6.45, 7) is 3.43. The van der Waals surface area contributed by atoms with Gasteiger partial charge in [-0.15, -0.1) is 0 Å². The zero-order valence-electron chi connectivity index (χ0n) is 15.0. The van der Waals surface area contributed by atoms with Gasteiger partial charge in [-0.2, -0.15) is 0 Å². The number of benzene rings is 1. The van der Waals surface area contributed by atoms with Crippen LogP contribution in [0, 0.1) is 5.92 Å². The van der Waals surface area contributed by atoms with Gasteiger partial charge in [-0.3, -0.25) is 14.6 Å². The lowest BCUT2D eigenvalue weighted by Gasteiger charge is -2.50. The van der Waals surface area contributed by atoms with E-state index >= 15 is 0 Å². The molecule has 5 nitrogen and oxygen atoms in total. The molecule has 1 amide bonds. The molecule has 2 fully saturated rings. The number of fused-ring (bicyclic) bond motifs is 2. The van der Waals surface area contributed by atoms with Gasteiger partial charge in [0, 0.05) is 30.7 Å². The Kier molecular flexibility index (Phi) is 3.45. The molecule has 0 aromatic heterocycles. The first kappa shape index (κ1) is 16.2. The van der Waals surface area contributed by atoms with E-state index in [9.17, 15) is 15.0 Å². The molecular formula is C21H24N2O3. The number of anilines is 1. The standard InChI is InChI=1S/C21H24N2O3/c1-2-13-10-22-8-7-21-16-5-3-4-6-17(16)23(19(26)12-25)20(21)15(11-24)14(13)9-18(21)22/h2-6,14,18,24-25H,7-12H2,1H3/t14-,18-,21+/m0/s1. The maximum Gasteiger partial charge on any atom is 0.257 e. The number of rotatable bonds is 2. The lowest BCUT2D eigenvalue weighted by Crippen LogP contribution is -2.54. The maximum atomic E-state index is 12.8. The van der Waals surface area contributed by atoms with Crippen molar-refractivity contribution >= 4 is 11.6 Å². The minimum atomic E-state index is -0.526. The van der Waals surface area contributed by atoms with Gasteiger partial charge >= 0.3 is 0 Å². The molecule has 1 aromatic rings. The lowest BCUT2D eigenvalue weighted by molar-refractivity contribution is -0.120. The van der Waals surface area contributed by atoms with Gasteiger partial charge in [-0.1, -0.05) is 29.8 Å². The molecule has 4 aliphatic rings. The number of carbonyl (C=O) groups excluding carboxylic acids is 1. The zero-order chi connectivity index (χ0) is 18.1. The molecule has 1 aromatic carbocycles. The summed E-state index contributed by atoms with van der Waals surface area (Å²) in [5, 5.41) is 20.0. The summed E-state index contributed by atoms with van der Waals surface area (Å²) in [5.74, 6) is -0.119. The molecule has 0 unspecified atom stereocenters. The fraction of sp³-hybridized carbons (Fsp3) is 0.476. The van der Waals surface area contributed by atoms with Gasteiger partial charge in [0.05, 0.1) is 17.7 Å². The van der Waals surface area contributed by atoms with Gasteiger partial charge in [0.25, 0.3) is 5.91 Å². The number of carbonyl (C=O) groups is 1. The molecule has 0 saturated carbocycles. The van der Waals surface area contributed by atoms with E-state index in [4.69, 9.17) is 0 Å². The van der Waals surface area contributed by atoms with Gasteiger partial charge in [0.1, 0.15) is 6.61 Å².